The first-order valence-corrected chi connectivity index (χ1v) is 30.9. The summed E-state index contributed by atoms with van der Waals surface area (Å²) < 4.78 is 22.6. The van der Waals surface area contributed by atoms with Gasteiger partial charge in [0.15, 0.2) is 12.4 Å². The third kappa shape index (κ3) is 57.9. The molecule has 0 aromatic carbocycles. The minimum absolute atomic E-state index is 0.147. The molecule has 0 aliphatic rings. The number of carboxylic acids is 1. The van der Waals surface area contributed by atoms with Crippen molar-refractivity contribution in [3.63, 3.8) is 0 Å². The number of esters is 2. The number of aliphatic carboxylic acids is 1. The molecule has 0 aliphatic carbocycles. The molecule has 0 fully saturated rings. The number of nitrogens with zero attached hydrogens (tertiary/aromatic N) is 1. The Kier molecular flexibility index (Phi) is 54.5. The topological polar surface area (TPSA) is 111 Å². The molecule has 0 aromatic rings. The van der Waals surface area contributed by atoms with Crippen LogP contribution < -0.4 is 5.11 Å². The molecule has 0 heterocycles. The largest absolute Gasteiger partial charge is 0.545 e. The molecule has 2 unspecified atom stereocenters. The van der Waals surface area contributed by atoms with Crippen molar-refractivity contribution in [1.82, 2.24) is 0 Å². The van der Waals surface area contributed by atoms with Gasteiger partial charge < -0.3 is 33.3 Å². The van der Waals surface area contributed by atoms with Crippen LogP contribution in [0.5, 0.6) is 0 Å². The lowest BCUT2D eigenvalue weighted by atomic mass is 10.0. The van der Waals surface area contributed by atoms with E-state index in [1.165, 1.54) is 128 Å². The molecule has 76 heavy (non-hydrogen) atoms. The SMILES string of the molecule is CC/C=C\C/C=C\C/C=C\C/C=C\C/C=C\C/C=C\C/C=C\C/C=C\CCCCCCCCCCCCCCCCCCC(=O)OC(COC(=O)CCCCCCCCCCCC)COC(OCC[N+](C)(C)C)C(=O)[O-]. The monoisotopic (exact) mass is 1060 g/mol. The summed E-state index contributed by atoms with van der Waals surface area (Å²) in [5.74, 6) is -2.28. The number of rotatable bonds is 56. The summed E-state index contributed by atoms with van der Waals surface area (Å²) in [5, 5.41) is 11.7. The van der Waals surface area contributed by atoms with Gasteiger partial charge in [-0.25, -0.2) is 0 Å². The zero-order valence-corrected chi connectivity index (χ0v) is 49.6. The number of hydrogen-bond acceptors (Lipinski definition) is 8. The molecule has 9 nitrogen and oxygen atoms in total. The van der Waals surface area contributed by atoms with Crippen molar-refractivity contribution in [2.75, 3.05) is 47.5 Å². The van der Waals surface area contributed by atoms with Crippen molar-refractivity contribution in [3.05, 3.63) is 97.2 Å². The van der Waals surface area contributed by atoms with E-state index in [0.717, 1.165) is 89.9 Å². The van der Waals surface area contributed by atoms with Gasteiger partial charge in [-0.05, 0) is 77.0 Å². The van der Waals surface area contributed by atoms with E-state index in [1.807, 2.05) is 21.1 Å². The molecule has 2 atom stereocenters. The Morgan fingerprint density at radius 2 is 0.750 bits per heavy atom. The van der Waals surface area contributed by atoms with Gasteiger partial charge >= 0.3 is 11.9 Å². The van der Waals surface area contributed by atoms with Gasteiger partial charge in [-0.2, -0.15) is 0 Å². The van der Waals surface area contributed by atoms with Gasteiger partial charge in [-0.15, -0.1) is 0 Å². The van der Waals surface area contributed by atoms with Crippen LogP contribution in [0.4, 0.5) is 0 Å². The van der Waals surface area contributed by atoms with Crippen LogP contribution in [0, 0.1) is 0 Å². The second kappa shape index (κ2) is 57.4. The molecule has 436 valence electrons. The highest BCUT2D eigenvalue weighted by Crippen LogP contribution is 2.16. The molecule has 9 heteroatoms. The summed E-state index contributed by atoms with van der Waals surface area (Å²) >= 11 is 0. The molecule has 0 spiro atoms. The Bertz CT molecular complexity index is 1570. The molecule has 0 N–H and O–H groups in total. The molecular weight excluding hydrogens is 947 g/mol. The Labute approximate surface area is 467 Å². The second-order valence-corrected chi connectivity index (χ2v) is 21.6. The van der Waals surface area contributed by atoms with Gasteiger partial charge in [0.05, 0.1) is 40.3 Å². The lowest BCUT2D eigenvalue weighted by Gasteiger charge is -2.26. The van der Waals surface area contributed by atoms with Crippen molar-refractivity contribution in [2.24, 2.45) is 0 Å². The Hall–Kier alpha value is -3.79. The number of hydrogen-bond donors (Lipinski definition) is 0. The third-order valence-electron chi connectivity index (χ3n) is 13.1. The van der Waals surface area contributed by atoms with Crippen LogP contribution in [0.3, 0.4) is 0 Å². The molecule has 0 radical (unpaired) electrons. The first kappa shape index (κ1) is 72.2. The van der Waals surface area contributed by atoms with Crippen LogP contribution in [0.1, 0.15) is 251 Å². The van der Waals surface area contributed by atoms with Gasteiger partial charge in [0.1, 0.15) is 13.2 Å². The molecule has 0 rings (SSSR count). The summed E-state index contributed by atoms with van der Waals surface area (Å²) in [5.41, 5.74) is 0. The molecule has 0 aliphatic heterocycles. The first-order valence-electron chi connectivity index (χ1n) is 30.9. The third-order valence-corrected chi connectivity index (χ3v) is 13.1. The van der Waals surface area contributed by atoms with Crippen molar-refractivity contribution in [1.29, 1.82) is 0 Å². The predicted molar refractivity (Wildman–Crippen MR) is 320 cm³/mol. The molecular formula is C67H115NO8. The van der Waals surface area contributed by atoms with E-state index in [9.17, 15) is 19.5 Å². The van der Waals surface area contributed by atoms with Crippen LogP contribution >= 0.6 is 0 Å². The van der Waals surface area contributed by atoms with E-state index in [-0.39, 0.29) is 32.2 Å². The molecule has 0 bridgehead atoms. The van der Waals surface area contributed by atoms with Gasteiger partial charge in [0.25, 0.3) is 0 Å². The van der Waals surface area contributed by atoms with E-state index in [0.29, 0.717) is 23.9 Å². The minimum Gasteiger partial charge on any atom is -0.545 e. The van der Waals surface area contributed by atoms with E-state index < -0.39 is 24.3 Å². The van der Waals surface area contributed by atoms with Crippen LogP contribution in [0.2, 0.25) is 0 Å². The highest BCUT2D eigenvalue weighted by Gasteiger charge is 2.22. The number of allylic oxidation sites excluding steroid dienone is 16. The number of carbonyl (C=O) groups is 3. The summed E-state index contributed by atoms with van der Waals surface area (Å²) in [7, 11) is 5.92. The fourth-order valence-corrected chi connectivity index (χ4v) is 8.38. The van der Waals surface area contributed by atoms with E-state index >= 15 is 0 Å². The number of carbonyl (C=O) groups excluding carboxylic acids is 3. The predicted octanol–water partition coefficient (Wildman–Crippen LogP) is 17.2. The molecule has 0 saturated heterocycles. The average molecular weight is 1060 g/mol. The Morgan fingerprint density at radius 3 is 1.12 bits per heavy atom. The Balaban J connectivity index is 3.98. The first-order chi connectivity index (χ1) is 37.1. The zero-order valence-electron chi connectivity index (χ0n) is 49.6. The lowest BCUT2D eigenvalue weighted by Crippen LogP contribution is -2.44. The Morgan fingerprint density at radius 1 is 0.408 bits per heavy atom. The number of likely N-dealkylation sites (N-methyl/N-ethyl adjacent to an activating group) is 1. The minimum atomic E-state index is -1.62. The van der Waals surface area contributed by atoms with E-state index in [4.69, 9.17) is 18.9 Å². The van der Waals surface area contributed by atoms with Crippen LogP contribution in [0.25, 0.3) is 0 Å². The summed E-state index contributed by atoms with van der Waals surface area (Å²) in [6.07, 6.45) is 74.9. The average Bonchev–Trinajstić information content (AvgIpc) is 3.39. The second-order valence-electron chi connectivity index (χ2n) is 21.6. The maximum Gasteiger partial charge on any atom is 0.306 e. The fourth-order valence-electron chi connectivity index (χ4n) is 8.38. The van der Waals surface area contributed by atoms with E-state index in [2.05, 4.69) is 111 Å². The van der Waals surface area contributed by atoms with Crippen LogP contribution in [0.15, 0.2) is 97.2 Å². The van der Waals surface area contributed by atoms with Gasteiger partial charge in [-0.3, -0.25) is 9.59 Å². The van der Waals surface area contributed by atoms with Crippen molar-refractivity contribution in [3.8, 4) is 0 Å². The van der Waals surface area contributed by atoms with Gasteiger partial charge in [0.2, 0.25) is 0 Å². The van der Waals surface area contributed by atoms with E-state index in [1.54, 1.807) is 0 Å². The standard InChI is InChI=1S/C67H115NO8/c1-6-8-10-12-14-16-18-19-20-21-22-23-24-25-26-27-28-29-30-31-32-33-34-35-36-37-38-39-40-41-42-43-44-45-46-47-48-50-52-54-56-58-65(70)76-63(62-75-67(66(71)72)73-60-59-68(3,4)5)61-74-64(69)57-55-53-51-49-17-15-13-11-9-7-2/h8,10,14,16,19-20,22-23,25-26,28-29,31-32,34-35,63,67H,6-7,9,11-13,15,17-18,21,24,27,30,33,36-62H2,1-5H3/b10-8-,16-14-,20-19-,23-22-,26-25-,29-28-,32-31-,35-34-. The van der Waals surface area contributed by atoms with Crippen molar-refractivity contribution in [2.45, 2.75) is 264 Å². The smallest absolute Gasteiger partial charge is 0.306 e. The normalized spacial score (nSPS) is 13.4. The molecule has 0 saturated carbocycles. The maximum absolute atomic E-state index is 12.8. The number of unbranched alkanes of at least 4 members (excludes halogenated alkanes) is 25. The highest BCUT2D eigenvalue weighted by molar-refractivity contribution is 5.70. The quantitative estimate of drug-likeness (QED) is 0.0195. The number of carboxylic acid groups (broad SMARTS) is 1. The number of quaternary nitrogens is 1. The summed E-state index contributed by atoms with van der Waals surface area (Å²) in [4.78, 5) is 37.1. The molecule has 0 amide bonds. The summed E-state index contributed by atoms with van der Waals surface area (Å²) in [6, 6.07) is 0. The van der Waals surface area contributed by atoms with Crippen LogP contribution in [-0.4, -0.2) is 82.3 Å². The van der Waals surface area contributed by atoms with Crippen molar-refractivity contribution >= 4 is 17.9 Å². The highest BCUT2D eigenvalue weighted by atomic mass is 16.7. The van der Waals surface area contributed by atoms with Crippen molar-refractivity contribution < 1.29 is 42.9 Å². The zero-order chi connectivity index (χ0) is 55.5. The molecule has 0 aromatic heterocycles. The maximum atomic E-state index is 12.8. The lowest BCUT2D eigenvalue weighted by molar-refractivity contribution is -0.870. The van der Waals surface area contributed by atoms with Crippen LogP contribution in [-0.2, 0) is 33.3 Å². The van der Waals surface area contributed by atoms with Gasteiger partial charge in [-0.1, -0.05) is 259 Å². The van der Waals surface area contributed by atoms with Gasteiger partial charge in [0, 0.05) is 12.8 Å². The number of ether oxygens (including phenoxy) is 4. The summed E-state index contributed by atoms with van der Waals surface area (Å²) in [6.45, 7) is 4.62. The fraction of sp³-hybridized carbons (Fsp3) is 0.716.